The molecule has 0 saturated heterocycles. The molecule has 1 aliphatic carbocycles. The maximum atomic E-state index is 13.5. The van der Waals surface area contributed by atoms with E-state index < -0.39 is 11.8 Å². The average Bonchev–Trinajstić information content (AvgIpc) is 2.85. The molecule has 2 rings (SSSR count). The van der Waals surface area contributed by atoms with Crippen molar-refractivity contribution < 1.29 is 14.3 Å². The number of carbonyl (C=O) groups is 1. The Morgan fingerprint density at radius 3 is 2.93 bits per heavy atom. The molecule has 80 valence electrons. The molecule has 1 saturated carbocycles. The quantitative estimate of drug-likeness (QED) is 0.797. The molecule has 5 heteroatoms. The van der Waals surface area contributed by atoms with Crippen molar-refractivity contribution in [2.75, 3.05) is 5.32 Å². The van der Waals surface area contributed by atoms with Crippen molar-refractivity contribution in [3.63, 3.8) is 0 Å². The topological polar surface area (TPSA) is 62.2 Å². The number of hydrogen-bond acceptors (Lipinski definition) is 3. The van der Waals surface area contributed by atoms with E-state index in [1.165, 1.54) is 6.20 Å². The van der Waals surface area contributed by atoms with E-state index in [4.69, 9.17) is 5.11 Å². The van der Waals surface area contributed by atoms with Crippen LogP contribution >= 0.6 is 0 Å². The number of aromatic nitrogens is 1. The van der Waals surface area contributed by atoms with E-state index in [9.17, 15) is 9.18 Å². The molecule has 1 fully saturated rings. The summed E-state index contributed by atoms with van der Waals surface area (Å²) in [5.74, 6) is -1.53. The number of pyridine rings is 1. The molecule has 1 heterocycles. The summed E-state index contributed by atoms with van der Waals surface area (Å²) in [6.07, 6.45) is 2.26. The van der Waals surface area contributed by atoms with Gasteiger partial charge in [-0.15, -0.1) is 0 Å². The monoisotopic (exact) mass is 210 g/mol. The molecule has 1 aromatic rings. The Labute approximate surface area is 86.1 Å². The lowest BCUT2D eigenvalue weighted by molar-refractivity contribution is 0.0692. The molecule has 0 radical (unpaired) electrons. The molecule has 0 aromatic carbocycles. The van der Waals surface area contributed by atoms with Gasteiger partial charge in [-0.05, 0) is 18.4 Å². The number of rotatable bonds is 3. The van der Waals surface area contributed by atoms with Gasteiger partial charge in [-0.25, -0.2) is 14.2 Å². The van der Waals surface area contributed by atoms with Gasteiger partial charge < -0.3 is 10.4 Å². The number of hydrogen-bond donors (Lipinski definition) is 2. The smallest absolute Gasteiger partial charge is 0.338 e. The van der Waals surface area contributed by atoms with Gasteiger partial charge in [0.05, 0.1) is 0 Å². The molecular weight excluding hydrogens is 199 g/mol. The summed E-state index contributed by atoms with van der Waals surface area (Å²) in [4.78, 5) is 14.4. The predicted octanol–water partition coefficient (Wildman–Crippen LogP) is 1.74. The highest BCUT2D eigenvalue weighted by atomic mass is 19.1. The SMILES string of the molecule is CC1CC1Nc1nccc(C(=O)O)c1F. The molecular formula is C10H11FN2O2. The zero-order valence-electron chi connectivity index (χ0n) is 8.20. The highest BCUT2D eigenvalue weighted by molar-refractivity contribution is 5.88. The van der Waals surface area contributed by atoms with Crippen molar-refractivity contribution in [1.29, 1.82) is 0 Å². The van der Waals surface area contributed by atoms with E-state index in [1.807, 2.05) is 6.92 Å². The van der Waals surface area contributed by atoms with Gasteiger partial charge in [0, 0.05) is 12.2 Å². The van der Waals surface area contributed by atoms with Crippen LogP contribution in [-0.4, -0.2) is 22.1 Å². The second-order valence-corrected chi connectivity index (χ2v) is 3.79. The van der Waals surface area contributed by atoms with Crippen LogP contribution in [0.1, 0.15) is 23.7 Å². The van der Waals surface area contributed by atoms with Gasteiger partial charge in [0.15, 0.2) is 11.6 Å². The van der Waals surface area contributed by atoms with Gasteiger partial charge in [0.2, 0.25) is 0 Å². The van der Waals surface area contributed by atoms with Crippen LogP contribution in [0.15, 0.2) is 12.3 Å². The van der Waals surface area contributed by atoms with Gasteiger partial charge in [-0.3, -0.25) is 0 Å². The van der Waals surface area contributed by atoms with Crippen LogP contribution in [0.5, 0.6) is 0 Å². The molecule has 2 N–H and O–H groups in total. The number of anilines is 1. The lowest BCUT2D eigenvalue weighted by atomic mass is 10.2. The minimum Gasteiger partial charge on any atom is -0.478 e. The highest BCUT2D eigenvalue weighted by Crippen LogP contribution is 2.32. The van der Waals surface area contributed by atoms with Gasteiger partial charge in [0.25, 0.3) is 0 Å². The number of nitrogens with zero attached hydrogens (tertiary/aromatic N) is 1. The van der Waals surface area contributed by atoms with E-state index >= 15 is 0 Å². The Morgan fingerprint density at radius 1 is 1.73 bits per heavy atom. The molecule has 0 amide bonds. The van der Waals surface area contributed by atoms with E-state index in [0.29, 0.717) is 5.92 Å². The number of carboxylic acid groups (broad SMARTS) is 1. The fourth-order valence-electron chi connectivity index (χ4n) is 1.41. The number of halogens is 1. The van der Waals surface area contributed by atoms with E-state index in [-0.39, 0.29) is 17.4 Å². The molecule has 0 aliphatic heterocycles. The Kier molecular flexibility index (Phi) is 2.30. The fourth-order valence-corrected chi connectivity index (χ4v) is 1.41. The number of nitrogens with one attached hydrogen (secondary N) is 1. The van der Waals surface area contributed by atoms with Crippen LogP contribution in [0.25, 0.3) is 0 Å². The van der Waals surface area contributed by atoms with E-state index in [2.05, 4.69) is 10.3 Å². The predicted molar refractivity (Wildman–Crippen MR) is 52.3 cm³/mol. The molecule has 4 nitrogen and oxygen atoms in total. The Hall–Kier alpha value is -1.65. The molecule has 15 heavy (non-hydrogen) atoms. The first-order valence-electron chi connectivity index (χ1n) is 4.74. The molecule has 2 unspecified atom stereocenters. The maximum absolute atomic E-state index is 13.5. The Balaban J connectivity index is 2.23. The zero-order chi connectivity index (χ0) is 11.0. The molecule has 0 bridgehead atoms. The second kappa shape index (κ2) is 3.49. The van der Waals surface area contributed by atoms with E-state index in [1.54, 1.807) is 0 Å². The maximum Gasteiger partial charge on any atom is 0.338 e. The van der Waals surface area contributed by atoms with Crippen LogP contribution in [0.2, 0.25) is 0 Å². The highest BCUT2D eigenvalue weighted by Gasteiger charge is 2.33. The third kappa shape index (κ3) is 1.91. The van der Waals surface area contributed by atoms with Crippen molar-refractivity contribution in [1.82, 2.24) is 4.98 Å². The summed E-state index contributed by atoms with van der Waals surface area (Å²) in [7, 11) is 0. The standard InChI is InChI=1S/C10H11FN2O2/c1-5-4-7(5)13-9-8(11)6(10(14)15)2-3-12-9/h2-3,5,7H,4H2,1H3,(H,12,13)(H,14,15). The van der Waals surface area contributed by atoms with Crippen molar-refractivity contribution in [2.24, 2.45) is 5.92 Å². The summed E-state index contributed by atoms with van der Waals surface area (Å²) < 4.78 is 13.5. The van der Waals surface area contributed by atoms with Gasteiger partial charge in [-0.1, -0.05) is 6.92 Å². The van der Waals surface area contributed by atoms with Crippen LogP contribution in [0, 0.1) is 11.7 Å². The van der Waals surface area contributed by atoms with Crippen molar-refractivity contribution in [2.45, 2.75) is 19.4 Å². The van der Waals surface area contributed by atoms with Crippen molar-refractivity contribution in [3.8, 4) is 0 Å². The first-order chi connectivity index (χ1) is 7.09. The normalized spacial score (nSPS) is 23.6. The largest absolute Gasteiger partial charge is 0.478 e. The number of aromatic carboxylic acids is 1. The van der Waals surface area contributed by atoms with Crippen LogP contribution in [0.3, 0.4) is 0 Å². The molecule has 1 aliphatic rings. The molecule has 0 spiro atoms. The third-order valence-electron chi connectivity index (χ3n) is 2.55. The van der Waals surface area contributed by atoms with Crippen LogP contribution < -0.4 is 5.32 Å². The fraction of sp³-hybridized carbons (Fsp3) is 0.400. The summed E-state index contributed by atoms with van der Waals surface area (Å²) in [5.41, 5.74) is -0.346. The van der Waals surface area contributed by atoms with Gasteiger partial charge in [0.1, 0.15) is 5.56 Å². The minimum absolute atomic E-state index is 0.0317. The number of carboxylic acids is 1. The van der Waals surface area contributed by atoms with E-state index in [0.717, 1.165) is 12.5 Å². The molecule has 1 aromatic heterocycles. The summed E-state index contributed by atoms with van der Waals surface area (Å²) in [6, 6.07) is 1.37. The first-order valence-corrected chi connectivity index (χ1v) is 4.74. The van der Waals surface area contributed by atoms with Gasteiger partial charge >= 0.3 is 5.97 Å². The molecule has 2 atom stereocenters. The van der Waals surface area contributed by atoms with Crippen LogP contribution in [-0.2, 0) is 0 Å². The van der Waals surface area contributed by atoms with Gasteiger partial charge in [-0.2, -0.15) is 0 Å². The lowest BCUT2D eigenvalue weighted by Gasteiger charge is -2.06. The average molecular weight is 210 g/mol. The lowest BCUT2D eigenvalue weighted by Crippen LogP contribution is -2.10. The third-order valence-corrected chi connectivity index (χ3v) is 2.55. The Morgan fingerprint density at radius 2 is 2.40 bits per heavy atom. The van der Waals surface area contributed by atoms with Crippen molar-refractivity contribution in [3.05, 3.63) is 23.6 Å². The first kappa shape index (κ1) is 9.89. The van der Waals surface area contributed by atoms with Crippen molar-refractivity contribution >= 4 is 11.8 Å². The minimum atomic E-state index is -1.28. The van der Waals surface area contributed by atoms with Crippen LogP contribution in [0.4, 0.5) is 10.2 Å². The summed E-state index contributed by atoms with van der Waals surface area (Å²) in [5, 5.41) is 11.6. The summed E-state index contributed by atoms with van der Waals surface area (Å²) in [6.45, 7) is 2.04. The second-order valence-electron chi connectivity index (χ2n) is 3.79. The zero-order valence-corrected chi connectivity index (χ0v) is 8.20. The Bertz CT molecular complexity index is 408. The summed E-state index contributed by atoms with van der Waals surface area (Å²) >= 11 is 0.